The van der Waals surface area contributed by atoms with Gasteiger partial charge in [-0.3, -0.25) is 0 Å². The molecular formula is C7H8BrFMg. The van der Waals surface area contributed by atoms with Gasteiger partial charge in [-0.25, -0.2) is 0 Å². The molecule has 0 amide bonds. The second-order valence-electron chi connectivity index (χ2n) is 1.49. The van der Waals surface area contributed by atoms with E-state index in [0.717, 1.165) is 5.56 Å². The molecule has 0 aliphatic carbocycles. The molecule has 1 aromatic rings. The molecule has 0 bridgehead atoms. The van der Waals surface area contributed by atoms with Gasteiger partial charge in [-0.1, -0.05) is 6.07 Å². The Balaban J connectivity index is -0.000000163. The molecule has 1 rings (SSSR count). The van der Waals surface area contributed by atoms with Gasteiger partial charge in [0.15, 0.2) is 0 Å². The fourth-order valence-electron chi connectivity index (χ4n) is 0.478. The van der Waals surface area contributed by atoms with E-state index in [-0.39, 0.29) is 44.7 Å². The van der Waals surface area contributed by atoms with Crippen molar-refractivity contribution >= 4 is 40.0 Å². The van der Waals surface area contributed by atoms with Gasteiger partial charge in [-0.05, 0) is 0 Å². The Morgan fingerprint density at radius 2 is 1.40 bits per heavy atom. The second kappa shape index (κ2) is 9.27. The Morgan fingerprint density at radius 3 is 1.60 bits per heavy atom. The largest absolute Gasteiger partial charge is 2.00 e. The molecule has 0 saturated carbocycles. The van der Waals surface area contributed by atoms with Gasteiger partial charge in [-0.15, -0.1) is 29.1 Å². The first-order chi connectivity index (χ1) is 3.39. The average molecular weight is 215 g/mol. The summed E-state index contributed by atoms with van der Waals surface area (Å²) in [4.78, 5) is 0. The van der Waals surface area contributed by atoms with Crippen LogP contribution < -0.4 is 4.70 Å². The van der Waals surface area contributed by atoms with Gasteiger partial charge in [0.05, 0.1) is 0 Å². The molecule has 0 N–H and O–H groups in total. The van der Waals surface area contributed by atoms with E-state index < -0.39 is 0 Å². The van der Waals surface area contributed by atoms with Crippen LogP contribution in [0.5, 0.6) is 0 Å². The van der Waals surface area contributed by atoms with Crippen LogP contribution in [0, 0.1) is 6.92 Å². The van der Waals surface area contributed by atoms with Gasteiger partial charge >= 0.3 is 23.1 Å². The third-order valence-corrected chi connectivity index (χ3v) is 0.843. The van der Waals surface area contributed by atoms with E-state index in [0.29, 0.717) is 0 Å². The molecular weight excluding hydrogens is 207 g/mol. The molecule has 0 fully saturated rings. The number of hydrogen-bond donors (Lipinski definition) is 0. The van der Waals surface area contributed by atoms with Crippen LogP contribution >= 0.6 is 17.0 Å². The summed E-state index contributed by atoms with van der Waals surface area (Å²) in [6, 6.07) is 9.87. The van der Waals surface area contributed by atoms with Crippen molar-refractivity contribution < 1.29 is 4.70 Å². The minimum Gasteiger partial charge on any atom is -1.00 e. The summed E-state index contributed by atoms with van der Waals surface area (Å²) >= 11 is 0. The van der Waals surface area contributed by atoms with E-state index in [1.807, 2.05) is 30.3 Å². The van der Waals surface area contributed by atoms with Gasteiger partial charge in [0.1, 0.15) is 0 Å². The van der Waals surface area contributed by atoms with E-state index in [1.165, 1.54) is 0 Å². The summed E-state index contributed by atoms with van der Waals surface area (Å²) in [6.45, 7) is 3.72. The summed E-state index contributed by atoms with van der Waals surface area (Å²) < 4.78 is 0. The second-order valence-corrected chi connectivity index (χ2v) is 1.49. The molecule has 0 aliphatic rings. The van der Waals surface area contributed by atoms with E-state index in [9.17, 15) is 0 Å². The zero-order valence-electron chi connectivity index (χ0n) is 5.59. The number of rotatable bonds is 0. The minimum atomic E-state index is 0. The van der Waals surface area contributed by atoms with E-state index >= 15 is 0 Å². The Bertz CT molecular complexity index is 144. The van der Waals surface area contributed by atoms with Crippen LogP contribution in [-0.2, 0) is 0 Å². The first-order valence-electron chi connectivity index (χ1n) is 2.26. The zero-order chi connectivity index (χ0) is 5.11. The van der Waals surface area contributed by atoms with Gasteiger partial charge in [-0.2, -0.15) is 24.6 Å². The smallest absolute Gasteiger partial charge is 1.00 e. The van der Waals surface area contributed by atoms with Crippen molar-refractivity contribution in [2.75, 3.05) is 0 Å². The van der Waals surface area contributed by atoms with Crippen LogP contribution in [0.2, 0.25) is 0 Å². The molecule has 1 aromatic carbocycles. The molecule has 0 radical (unpaired) electrons. The summed E-state index contributed by atoms with van der Waals surface area (Å²) in [5.74, 6) is 0. The fourth-order valence-corrected chi connectivity index (χ4v) is 0.478. The van der Waals surface area contributed by atoms with Crippen LogP contribution in [0.15, 0.2) is 30.3 Å². The van der Waals surface area contributed by atoms with Crippen molar-refractivity contribution in [3.8, 4) is 0 Å². The molecule has 0 unspecified atom stereocenters. The van der Waals surface area contributed by atoms with Gasteiger partial charge in [0.2, 0.25) is 0 Å². The van der Waals surface area contributed by atoms with Crippen LogP contribution in [0.3, 0.4) is 0 Å². The minimum absolute atomic E-state index is 0. The summed E-state index contributed by atoms with van der Waals surface area (Å²) in [5.41, 5.74) is 1.07. The topological polar surface area (TPSA) is 0 Å². The molecule has 0 spiro atoms. The van der Waals surface area contributed by atoms with Crippen LogP contribution in [0.1, 0.15) is 5.56 Å². The molecule has 0 aliphatic heterocycles. The molecule has 52 valence electrons. The summed E-state index contributed by atoms with van der Waals surface area (Å²) in [6.07, 6.45) is 0. The maximum atomic E-state index is 3.72. The van der Waals surface area contributed by atoms with Crippen molar-refractivity contribution in [1.82, 2.24) is 0 Å². The normalized spacial score (nSPS) is 6.00. The van der Waals surface area contributed by atoms with Crippen molar-refractivity contribution in [3.05, 3.63) is 42.8 Å². The predicted molar refractivity (Wildman–Crippen MR) is 47.0 cm³/mol. The van der Waals surface area contributed by atoms with Crippen molar-refractivity contribution in [2.45, 2.75) is 0 Å². The monoisotopic (exact) mass is 214 g/mol. The Kier molecular flexibility index (Phi) is 15.5. The summed E-state index contributed by atoms with van der Waals surface area (Å²) in [7, 11) is 0. The number of hydrogen-bond acceptors (Lipinski definition) is 0. The Labute approximate surface area is 87.3 Å². The van der Waals surface area contributed by atoms with E-state index in [1.54, 1.807) is 0 Å². The molecule has 0 saturated heterocycles. The van der Waals surface area contributed by atoms with Crippen LogP contribution in [-0.4, -0.2) is 23.1 Å². The SMILES string of the molecule is Br.[CH2-]c1ccccc1.[F-].[Mg+2]. The molecule has 0 atom stereocenters. The van der Waals surface area contributed by atoms with E-state index in [2.05, 4.69) is 6.92 Å². The zero-order valence-corrected chi connectivity index (χ0v) is 8.71. The molecule has 10 heavy (non-hydrogen) atoms. The molecule has 3 heteroatoms. The maximum absolute atomic E-state index is 3.72. The van der Waals surface area contributed by atoms with Crippen LogP contribution in [0.25, 0.3) is 0 Å². The standard InChI is InChI=1S/C7H7.BrH.FH.Mg/c1-7-5-3-2-4-6-7;;;/h2-6H,1H2;2*1H;/q-1;;;+2/p-1. The first kappa shape index (κ1) is 16.7. The maximum Gasteiger partial charge on any atom is 2.00 e. The van der Waals surface area contributed by atoms with Crippen LogP contribution in [0.4, 0.5) is 0 Å². The van der Waals surface area contributed by atoms with Crippen molar-refractivity contribution in [3.63, 3.8) is 0 Å². The van der Waals surface area contributed by atoms with Gasteiger partial charge in [0.25, 0.3) is 0 Å². The predicted octanol–water partition coefficient (Wildman–Crippen LogP) is -0.930. The molecule has 0 aromatic heterocycles. The van der Waals surface area contributed by atoms with Gasteiger partial charge in [0, 0.05) is 0 Å². The van der Waals surface area contributed by atoms with Crippen molar-refractivity contribution in [2.24, 2.45) is 0 Å². The van der Waals surface area contributed by atoms with Gasteiger partial charge < -0.3 is 4.70 Å². The van der Waals surface area contributed by atoms with E-state index in [4.69, 9.17) is 0 Å². The Morgan fingerprint density at radius 1 is 1.00 bits per heavy atom. The number of benzene rings is 1. The first-order valence-corrected chi connectivity index (χ1v) is 2.26. The Hall–Kier alpha value is 0.266. The fraction of sp³-hybridized carbons (Fsp3) is 0. The third kappa shape index (κ3) is 6.39. The quantitative estimate of drug-likeness (QED) is 0.387. The van der Waals surface area contributed by atoms with Crippen molar-refractivity contribution in [1.29, 1.82) is 0 Å². The molecule has 0 nitrogen and oxygen atoms in total. The third-order valence-electron chi connectivity index (χ3n) is 0.843. The summed E-state index contributed by atoms with van der Waals surface area (Å²) in [5, 5.41) is 0. The average Bonchev–Trinajstić information content (AvgIpc) is 1.69. The number of halogens is 2. The molecule has 0 heterocycles.